The van der Waals surface area contributed by atoms with Crippen molar-refractivity contribution in [2.24, 2.45) is 0 Å². The molecule has 1 heterocycles. The molecule has 0 spiro atoms. The third-order valence-electron chi connectivity index (χ3n) is 4.14. The summed E-state index contributed by atoms with van der Waals surface area (Å²) in [6.07, 6.45) is 4.60. The molecule has 2 aromatic rings. The number of nitrogens with zero attached hydrogens (tertiary/aromatic N) is 2. The SMILES string of the molecule is COc1cc2ccnc(C3(C#N)CCC3)c2cc1OC. The van der Waals surface area contributed by atoms with Crippen LogP contribution in [0.2, 0.25) is 0 Å². The Kier molecular flexibility index (Phi) is 2.98. The van der Waals surface area contributed by atoms with Gasteiger partial charge in [-0.2, -0.15) is 5.26 Å². The predicted molar refractivity (Wildman–Crippen MR) is 76.0 cm³/mol. The maximum Gasteiger partial charge on any atom is 0.161 e. The summed E-state index contributed by atoms with van der Waals surface area (Å²) < 4.78 is 10.7. The Hall–Kier alpha value is -2.28. The van der Waals surface area contributed by atoms with Crippen molar-refractivity contribution < 1.29 is 9.47 Å². The number of aromatic nitrogens is 1. The number of rotatable bonds is 3. The van der Waals surface area contributed by atoms with Crippen molar-refractivity contribution in [3.8, 4) is 17.6 Å². The lowest BCUT2D eigenvalue weighted by molar-refractivity contribution is 0.318. The van der Waals surface area contributed by atoms with Gasteiger partial charge >= 0.3 is 0 Å². The molecule has 1 aliphatic carbocycles. The quantitative estimate of drug-likeness (QED) is 0.857. The molecular weight excluding hydrogens is 252 g/mol. The van der Waals surface area contributed by atoms with Crippen molar-refractivity contribution >= 4 is 10.8 Å². The van der Waals surface area contributed by atoms with Crippen LogP contribution >= 0.6 is 0 Å². The van der Waals surface area contributed by atoms with E-state index in [1.165, 1.54) is 0 Å². The van der Waals surface area contributed by atoms with Crippen LogP contribution in [0.15, 0.2) is 24.4 Å². The fraction of sp³-hybridized carbons (Fsp3) is 0.375. The summed E-state index contributed by atoms with van der Waals surface area (Å²) in [6.45, 7) is 0. The first-order chi connectivity index (χ1) is 9.74. The third-order valence-corrected chi connectivity index (χ3v) is 4.14. The summed E-state index contributed by atoms with van der Waals surface area (Å²) in [5.74, 6) is 1.36. The molecule has 0 N–H and O–H groups in total. The van der Waals surface area contributed by atoms with Crippen molar-refractivity contribution in [2.75, 3.05) is 14.2 Å². The Morgan fingerprint density at radius 3 is 2.45 bits per heavy atom. The van der Waals surface area contributed by atoms with Gasteiger partial charge in [0.05, 0.1) is 31.4 Å². The lowest BCUT2D eigenvalue weighted by atomic mass is 9.66. The van der Waals surface area contributed by atoms with Gasteiger partial charge in [-0.3, -0.25) is 4.98 Å². The smallest absolute Gasteiger partial charge is 0.161 e. The standard InChI is InChI=1S/C16H16N2O2/c1-19-13-8-11-4-7-18-15(12(11)9-14(13)20-2)16(10-17)5-3-6-16/h4,7-9H,3,5-6H2,1-2H3. The lowest BCUT2D eigenvalue weighted by Gasteiger charge is -2.35. The van der Waals surface area contributed by atoms with Crippen LogP contribution in [0, 0.1) is 11.3 Å². The minimum atomic E-state index is -0.431. The van der Waals surface area contributed by atoms with E-state index < -0.39 is 5.41 Å². The minimum Gasteiger partial charge on any atom is -0.493 e. The topological polar surface area (TPSA) is 55.1 Å². The molecule has 0 aliphatic heterocycles. The molecule has 0 unspecified atom stereocenters. The molecule has 102 valence electrons. The van der Waals surface area contributed by atoms with E-state index in [1.807, 2.05) is 18.2 Å². The van der Waals surface area contributed by atoms with Crippen LogP contribution in [-0.2, 0) is 5.41 Å². The van der Waals surface area contributed by atoms with E-state index in [9.17, 15) is 5.26 Å². The number of hydrogen-bond acceptors (Lipinski definition) is 4. The highest BCUT2D eigenvalue weighted by Gasteiger charge is 2.41. The summed E-state index contributed by atoms with van der Waals surface area (Å²) in [5, 5.41) is 11.5. The molecule has 0 amide bonds. The molecule has 3 rings (SSSR count). The van der Waals surface area contributed by atoms with Gasteiger partial charge in [-0.15, -0.1) is 0 Å². The number of fused-ring (bicyclic) bond motifs is 1. The van der Waals surface area contributed by atoms with E-state index in [1.54, 1.807) is 20.4 Å². The first-order valence-corrected chi connectivity index (χ1v) is 6.66. The molecular formula is C16H16N2O2. The summed E-state index contributed by atoms with van der Waals surface area (Å²) in [6, 6.07) is 8.25. The molecule has 1 saturated carbocycles. The molecule has 0 radical (unpaired) electrons. The maximum atomic E-state index is 9.53. The second-order valence-electron chi connectivity index (χ2n) is 5.14. The van der Waals surface area contributed by atoms with Gasteiger partial charge < -0.3 is 9.47 Å². The summed E-state index contributed by atoms with van der Waals surface area (Å²) in [4.78, 5) is 4.48. The van der Waals surface area contributed by atoms with Crippen LogP contribution in [0.1, 0.15) is 25.0 Å². The van der Waals surface area contributed by atoms with Crippen LogP contribution in [0.4, 0.5) is 0 Å². The Labute approximate surface area is 118 Å². The van der Waals surface area contributed by atoms with Crippen LogP contribution < -0.4 is 9.47 Å². The Balaban J connectivity index is 2.27. The fourth-order valence-corrected chi connectivity index (χ4v) is 2.81. The van der Waals surface area contributed by atoms with Gasteiger partial charge in [-0.25, -0.2) is 0 Å². The zero-order valence-corrected chi connectivity index (χ0v) is 11.6. The summed E-state index contributed by atoms with van der Waals surface area (Å²) in [7, 11) is 3.23. The number of ether oxygens (including phenoxy) is 2. The highest BCUT2D eigenvalue weighted by molar-refractivity contribution is 5.89. The van der Waals surface area contributed by atoms with Crippen molar-refractivity contribution in [3.05, 3.63) is 30.1 Å². The van der Waals surface area contributed by atoms with Crippen LogP contribution in [-0.4, -0.2) is 19.2 Å². The van der Waals surface area contributed by atoms with E-state index in [-0.39, 0.29) is 0 Å². The van der Waals surface area contributed by atoms with Crippen molar-refractivity contribution in [2.45, 2.75) is 24.7 Å². The first-order valence-electron chi connectivity index (χ1n) is 6.66. The van der Waals surface area contributed by atoms with E-state index in [4.69, 9.17) is 9.47 Å². The minimum absolute atomic E-state index is 0.431. The van der Waals surface area contributed by atoms with Crippen LogP contribution in [0.3, 0.4) is 0 Å². The molecule has 0 saturated heterocycles. The Morgan fingerprint density at radius 2 is 1.90 bits per heavy atom. The van der Waals surface area contributed by atoms with Gasteiger partial charge in [-0.05, 0) is 42.8 Å². The first kappa shape index (κ1) is 12.7. The van der Waals surface area contributed by atoms with Crippen molar-refractivity contribution in [1.82, 2.24) is 4.98 Å². The van der Waals surface area contributed by atoms with E-state index >= 15 is 0 Å². The highest BCUT2D eigenvalue weighted by atomic mass is 16.5. The molecule has 4 heteroatoms. The summed E-state index contributed by atoms with van der Waals surface area (Å²) >= 11 is 0. The van der Waals surface area contributed by atoms with E-state index in [0.29, 0.717) is 11.5 Å². The number of nitriles is 1. The molecule has 0 bridgehead atoms. The maximum absolute atomic E-state index is 9.53. The zero-order chi connectivity index (χ0) is 14.2. The van der Waals surface area contributed by atoms with Gasteiger partial charge in [0, 0.05) is 11.6 Å². The normalized spacial score (nSPS) is 16.2. The largest absolute Gasteiger partial charge is 0.493 e. The molecule has 20 heavy (non-hydrogen) atoms. The molecule has 4 nitrogen and oxygen atoms in total. The number of pyridine rings is 1. The average Bonchev–Trinajstić information content (AvgIpc) is 2.45. The van der Waals surface area contributed by atoms with Gasteiger partial charge in [0.15, 0.2) is 11.5 Å². The predicted octanol–water partition coefficient (Wildman–Crippen LogP) is 3.20. The Bertz CT molecular complexity index is 699. The van der Waals surface area contributed by atoms with Crippen molar-refractivity contribution in [1.29, 1.82) is 5.26 Å². The third kappa shape index (κ3) is 1.70. The molecule has 1 aromatic heterocycles. The summed E-state index contributed by atoms with van der Waals surface area (Å²) in [5.41, 5.74) is 0.434. The van der Waals surface area contributed by atoms with Crippen LogP contribution in [0.5, 0.6) is 11.5 Å². The monoisotopic (exact) mass is 268 g/mol. The number of benzene rings is 1. The van der Waals surface area contributed by atoms with Gasteiger partial charge in [-0.1, -0.05) is 0 Å². The van der Waals surface area contributed by atoms with E-state index in [0.717, 1.165) is 35.7 Å². The van der Waals surface area contributed by atoms with Gasteiger partial charge in [0.1, 0.15) is 0 Å². The Morgan fingerprint density at radius 1 is 1.20 bits per heavy atom. The van der Waals surface area contributed by atoms with Gasteiger partial charge in [0.25, 0.3) is 0 Å². The lowest BCUT2D eigenvalue weighted by Crippen LogP contribution is -2.33. The second-order valence-corrected chi connectivity index (χ2v) is 5.14. The molecule has 0 atom stereocenters. The fourth-order valence-electron chi connectivity index (χ4n) is 2.81. The zero-order valence-electron chi connectivity index (χ0n) is 11.6. The van der Waals surface area contributed by atoms with Gasteiger partial charge in [0.2, 0.25) is 0 Å². The van der Waals surface area contributed by atoms with Crippen LogP contribution in [0.25, 0.3) is 10.8 Å². The second kappa shape index (κ2) is 4.68. The molecule has 1 fully saturated rings. The number of methoxy groups -OCH3 is 2. The molecule has 1 aromatic carbocycles. The van der Waals surface area contributed by atoms with Crippen molar-refractivity contribution in [3.63, 3.8) is 0 Å². The average molecular weight is 268 g/mol. The molecule has 1 aliphatic rings. The number of hydrogen-bond donors (Lipinski definition) is 0. The highest BCUT2D eigenvalue weighted by Crippen LogP contribution is 2.45. The van der Waals surface area contributed by atoms with E-state index in [2.05, 4.69) is 11.1 Å².